The average molecular weight is 276 g/mol. The second-order valence-electron chi connectivity index (χ2n) is 4.08. The molecule has 6 heteroatoms. The predicted octanol–water partition coefficient (Wildman–Crippen LogP) is 1.15. The van der Waals surface area contributed by atoms with Crippen molar-refractivity contribution >= 4 is 23.7 Å². The molecule has 0 aliphatic heterocycles. The lowest BCUT2D eigenvalue weighted by atomic mass is 10.3. The van der Waals surface area contributed by atoms with E-state index >= 15 is 0 Å². The van der Waals surface area contributed by atoms with Crippen LogP contribution in [0.25, 0.3) is 0 Å². The molecule has 0 radical (unpaired) electrons. The molecule has 0 aliphatic carbocycles. The van der Waals surface area contributed by atoms with Gasteiger partial charge in [-0.2, -0.15) is 0 Å². The fourth-order valence-corrected chi connectivity index (χ4v) is 1.36. The summed E-state index contributed by atoms with van der Waals surface area (Å²) in [6.45, 7) is 8.48. The number of carbonyl (C=O) groups excluding carboxylic acids is 2. The van der Waals surface area contributed by atoms with Crippen LogP contribution in [0.4, 0.5) is 0 Å². The number of hydrogen-bond donors (Lipinski definition) is 1. The van der Waals surface area contributed by atoms with Gasteiger partial charge in [0.15, 0.2) is 0 Å². The first-order valence-electron chi connectivity index (χ1n) is 5.60. The summed E-state index contributed by atoms with van der Waals surface area (Å²) in [6.07, 6.45) is -1.01. The molecular formula is C12H20O5S. The molecule has 0 amide bonds. The highest BCUT2D eigenvalue weighted by molar-refractivity contribution is 8.00. The van der Waals surface area contributed by atoms with Crippen LogP contribution in [-0.2, 0) is 19.1 Å². The predicted molar refractivity (Wildman–Crippen MR) is 70.3 cm³/mol. The molecular weight excluding hydrogens is 256 g/mol. The van der Waals surface area contributed by atoms with Gasteiger partial charge in [0, 0.05) is 5.57 Å². The molecule has 1 atom stereocenters. The maximum absolute atomic E-state index is 11.2. The molecule has 0 aromatic heterocycles. The molecule has 0 aromatic rings. The van der Waals surface area contributed by atoms with Gasteiger partial charge in [-0.15, -0.1) is 11.8 Å². The number of thioether (sulfide) groups is 1. The van der Waals surface area contributed by atoms with Crippen LogP contribution in [0, 0.1) is 0 Å². The third-order valence-electron chi connectivity index (χ3n) is 1.73. The van der Waals surface area contributed by atoms with Crippen LogP contribution in [0.5, 0.6) is 0 Å². The Hall–Kier alpha value is -1.01. The van der Waals surface area contributed by atoms with Crippen molar-refractivity contribution in [1.29, 1.82) is 0 Å². The fourth-order valence-electron chi connectivity index (χ4n) is 0.809. The average Bonchev–Trinajstić information content (AvgIpc) is 2.30. The van der Waals surface area contributed by atoms with Crippen molar-refractivity contribution in [3.63, 3.8) is 0 Å². The molecule has 1 N–H and O–H groups in total. The lowest BCUT2D eigenvalue weighted by Gasteiger charge is -2.12. The van der Waals surface area contributed by atoms with E-state index in [1.54, 1.807) is 0 Å². The molecule has 0 aromatic carbocycles. The molecule has 0 spiro atoms. The topological polar surface area (TPSA) is 72.8 Å². The highest BCUT2D eigenvalue weighted by Gasteiger charge is 2.12. The Morgan fingerprint density at radius 2 is 1.83 bits per heavy atom. The Balaban J connectivity index is 3.70. The van der Waals surface area contributed by atoms with E-state index in [0.29, 0.717) is 5.25 Å². The van der Waals surface area contributed by atoms with E-state index in [1.165, 1.54) is 18.7 Å². The van der Waals surface area contributed by atoms with Crippen molar-refractivity contribution in [2.75, 3.05) is 19.0 Å². The van der Waals surface area contributed by atoms with Crippen molar-refractivity contribution in [1.82, 2.24) is 0 Å². The van der Waals surface area contributed by atoms with E-state index < -0.39 is 12.1 Å². The molecule has 104 valence electrons. The van der Waals surface area contributed by atoms with E-state index in [4.69, 9.17) is 9.47 Å². The maximum Gasteiger partial charge on any atom is 0.333 e. The van der Waals surface area contributed by atoms with Gasteiger partial charge in [-0.1, -0.05) is 20.4 Å². The van der Waals surface area contributed by atoms with Gasteiger partial charge in [-0.25, -0.2) is 4.79 Å². The first kappa shape index (κ1) is 17.0. The fraction of sp³-hybridized carbons (Fsp3) is 0.667. The van der Waals surface area contributed by atoms with Gasteiger partial charge in [-0.3, -0.25) is 4.79 Å². The van der Waals surface area contributed by atoms with Crippen molar-refractivity contribution in [3.8, 4) is 0 Å². The number of esters is 2. The van der Waals surface area contributed by atoms with E-state index in [-0.39, 0.29) is 30.5 Å². The Bertz CT molecular complexity index is 301. The molecule has 1 unspecified atom stereocenters. The molecule has 0 saturated heterocycles. The quantitative estimate of drug-likeness (QED) is 0.529. The summed E-state index contributed by atoms with van der Waals surface area (Å²) in [6, 6.07) is 0. The lowest BCUT2D eigenvalue weighted by molar-refractivity contribution is -0.148. The van der Waals surface area contributed by atoms with Gasteiger partial charge in [0.2, 0.25) is 0 Å². The molecule has 0 bridgehead atoms. The minimum atomic E-state index is -1.01. The zero-order valence-electron chi connectivity index (χ0n) is 11.0. The van der Waals surface area contributed by atoms with E-state index in [0.717, 1.165) is 0 Å². The summed E-state index contributed by atoms with van der Waals surface area (Å²) < 4.78 is 9.53. The van der Waals surface area contributed by atoms with Gasteiger partial charge in [-0.05, 0) is 12.2 Å². The highest BCUT2D eigenvalue weighted by atomic mass is 32.2. The Morgan fingerprint density at radius 3 is 2.33 bits per heavy atom. The summed E-state index contributed by atoms with van der Waals surface area (Å²) in [5, 5.41) is 9.76. The first-order chi connectivity index (χ1) is 8.32. The number of ether oxygens (including phenoxy) is 2. The van der Waals surface area contributed by atoms with Crippen LogP contribution >= 0.6 is 11.8 Å². The standard InChI is InChI=1S/C12H20O5S/c1-8(2)12(15)17-6-10(13)5-16-11(14)7-18-9(3)4/h9-10,13H,1,5-7H2,2-4H3. The molecule has 0 rings (SSSR count). The van der Waals surface area contributed by atoms with Crippen LogP contribution in [0.3, 0.4) is 0 Å². The van der Waals surface area contributed by atoms with Crippen molar-refractivity contribution in [3.05, 3.63) is 12.2 Å². The van der Waals surface area contributed by atoms with Gasteiger partial charge in [0.05, 0.1) is 5.75 Å². The SMILES string of the molecule is C=C(C)C(=O)OCC(O)COC(=O)CSC(C)C. The normalized spacial score (nSPS) is 12.1. The largest absolute Gasteiger partial charge is 0.462 e. The van der Waals surface area contributed by atoms with Gasteiger partial charge >= 0.3 is 11.9 Å². The minimum absolute atomic E-state index is 0.180. The Labute approximate surface area is 112 Å². The lowest BCUT2D eigenvalue weighted by Crippen LogP contribution is -2.26. The molecule has 18 heavy (non-hydrogen) atoms. The van der Waals surface area contributed by atoms with Crippen LogP contribution in [0.2, 0.25) is 0 Å². The zero-order valence-corrected chi connectivity index (χ0v) is 11.8. The number of carbonyl (C=O) groups is 2. The van der Waals surface area contributed by atoms with Crippen LogP contribution in [-0.4, -0.2) is 47.4 Å². The molecule has 0 aliphatic rings. The van der Waals surface area contributed by atoms with E-state index in [2.05, 4.69) is 6.58 Å². The third kappa shape index (κ3) is 9.07. The van der Waals surface area contributed by atoms with Crippen molar-refractivity contribution < 1.29 is 24.2 Å². The monoisotopic (exact) mass is 276 g/mol. The minimum Gasteiger partial charge on any atom is -0.462 e. The van der Waals surface area contributed by atoms with Crippen LogP contribution in [0.1, 0.15) is 20.8 Å². The third-order valence-corrected chi connectivity index (χ3v) is 2.80. The molecule has 0 heterocycles. The summed E-state index contributed by atoms with van der Waals surface area (Å²) in [4.78, 5) is 22.2. The van der Waals surface area contributed by atoms with Crippen LogP contribution in [0.15, 0.2) is 12.2 Å². The highest BCUT2D eigenvalue weighted by Crippen LogP contribution is 2.08. The van der Waals surface area contributed by atoms with E-state index in [9.17, 15) is 14.7 Å². The van der Waals surface area contributed by atoms with Gasteiger partial charge in [0.1, 0.15) is 19.3 Å². The number of hydrogen-bond acceptors (Lipinski definition) is 6. The van der Waals surface area contributed by atoms with Gasteiger partial charge in [0.25, 0.3) is 0 Å². The second-order valence-corrected chi connectivity index (χ2v) is 5.64. The smallest absolute Gasteiger partial charge is 0.333 e. The zero-order chi connectivity index (χ0) is 14.1. The molecule has 0 fully saturated rings. The first-order valence-corrected chi connectivity index (χ1v) is 6.65. The van der Waals surface area contributed by atoms with E-state index in [1.807, 2.05) is 13.8 Å². The van der Waals surface area contributed by atoms with Crippen molar-refractivity contribution in [2.45, 2.75) is 32.1 Å². The summed E-state index contributed by atoms with van der Waals surface area (Å²) >= 11 is 1.46. The summed E-state index contributed by atoms with van der Waals surface area (Å²) in [5.41, 5.74) is 0.257. The number of rotatable bonds is 8. The summed E-state index contributed by atoms with van der Waals surface area (Å²) in [5.74, 6) is -0.717. The van der Waals surface area contributed by atoms with Crippen LogP contribution < -0.4 is 0 Å². The molecule has 0 saturated carbocycles. The van der Waals surface area contributed by atoms with Crippen molar-refractivity contribution in [2.24, 2.45) is 0 Å². The number of aliphatic hydroxyl groups is 1. The maximum atomic E-state index is 11.2. The summed E-state index contributed by atoms with van der Waals surface area (Å²) in [7, 11) is 0. The Morgan fingerprint density at radius 1 is 1.28 bits per heavy atom. The molecule has 5 nitrogen and oxygen atoms in total. The van der Waals surface area contributed by atoms with Gasteiger partial charge < -0.3 is 14.6 Å². The Kier molecular flexibility index (Phi) is 8.49. The second kappa shape index (κ2) is 8.99. The number of aliphatic hydroxyl groups excluding tert-OH is 1.